The van der Waals surface area contributed by atoms with Gasteiger partial charge in [-0.1, -0.05) is 13.8 Å². The van der Waals surface area contributed by atoms with Crippen molar-refractivity contribution in [1.82, 2.24) is 24.7 Å². The van der Waals surface area contributed by atoms with Crippen molar-refractivity contribution in [2.24, 2.45) is 5.92 Å². The van der Waals surface area contributed by atoms with Crippen LogP contribution in [0.2, 0.25) is 5.28 Å². The number of carboxylic acid groups (broad SMARTS) is 1. The molecule has 0 amide bonds. The minimum atomic E-state index is -1.16. The lowest BCUT2D eigenvalue weighted by Gasteiger charge is -2.11. The number of nitrogens with one attached hydrogen (secondary N) is 1. The number of nitrogens with zero attached hydrogens (tertiary/aromatic N) is 5. The monoisotopic (exact) mass is 360 g/mol. The molecule has 0 saturated carbocycles. The minimum absolute atomic E-state index is 0.0609. The quantitative estimate of drug-likeness (QED) is 0.672. The summed E-state index contributed by atoms with van der Waals surface area (Å²) < 4.78 is 1.60. The Hall–Kier alpha value is -2.74. The Kier molecular flexibility index (Phi) is 4.54. The van der Waals surface area contributed by atoms with Crippen LogP contribution in [0.4, 0.5) is 11.6 Å². The number of aromatic carboxylic acids is 1. The van der Waals surface area contributed by atoms with Gasteiger partial charge in [0, 0.05) is 12.7 Å². The van der Waals surface area contributed by atoms with Crippen LogP contribution in [0.1, 0.15) is 29.9 Å². The molecule has 0 spiro atoms. The number of halogens is 1. The molecule has 0 fully saturated rings. The molecule has 9 heteroatoms. The summed E-state index contributed by atoms with van der Waals surface area (Å²) in [6.07, 6.45) is 1.67. The van der Waals surface area contributed by atoms with E-state index in [-0.39, 0.29) is 22.4 Å². The number of rotatable bonds is 5. The average Bonchev–Trinajstić information content (AvgIpc) is 2.85. The molecule has 0 bridgehead atoms. The van der Waals surface area contributed by atoms with Crippen LogP contribution in [0.5, 0.6) is 0 Å². The molecule has 0 aliphatic rings. The zero-order valence-electron chi connectivity index (χ0n) is 14.0. The summed E-state index contributed by atoms with van der Waals surface area (Å²) in [4.78, 5) is 24.1. The van der Waals surface area contributed by atoms with Crippen molar-refractivity contribution < 1.29 is 9.90 Å². The summed E-state index contributed by atoms with van der Waals surface area (Å²) in [5.74, 6) is 0.0336. The van der Waals surface area contributed by atoms with Gasteiger partial charge in [-0.05, 0) is 42.1 Å². The first-order chi connectivity index (χ1) is 11.8. The second-order valence-corrected chi connectivity index (χ2v) is 6.45. The third-order valence-electron chi connectivity index (χ3n) is 3.46. The molecular weight excluding hydrogens is 344 g/mol. The summed E-state index contributed by atoms with van der Waals surface area (Å²) in [6.45, 7) is 6.49. The number of anilines is 2. The van der Waals surface area contributed by atoms with E-state index in [9.17, 15) is 9.90 Å². The van der Waals surface area contributed by atoms with E-state index in [0.29, 0.717) is 23.7 Å². The van der Waals surface area contributed by atoms with Crippen molar-refractivity contribution in [3.8, 4) is 0 Å². The van der Waals surface area contributed by atoms with Gasteiger partial charge in [0.15, 0.2) is 11.5 Å². The normalized spacial score (nSPS) is 11.2. The molecule has 3 aromatic heterocycles. The molecule has 130 valence electrons. The number of fused-ring (bicyclic) bond motifs is 1. The van der Waals surface area contributed by atoms with E-state index in [1.807, 2.05) is 32.9 Å². The van der Waals surface area contributed by atoms with E-state index >= 15 is 0 Å². The van der Waals surface area contributed by atoms with Gasteiger partial charge in [-0.3, -0.25) is 4.68 Å². The fraction of sp³-hybridized carbons (Fsp3) is 0.312. The molecular formula is C16H17ClN6O2. The summed E-state index contributed by atoms with van der Waals surface area (Å²) >= 11 is 6.00. The highest BCUT2D eigenvalue weighted by atomic mass is 35.5. The molecule has 0 unspecified atom stereocenters. The smallest absolute Gasteiger partial charge is 0.358 e. The standard InChI is InChI=1S/C16H17ClN6O2/c1-8(2)7-23-13-11(12(22-23)15(24)25)20-16(17)21-14(13)19-10-6-9(3)4-5-18-10/h4-6,8H,7H2,1-3H3,(H,24,25)(H,18,19,20,21). The fourth-order valence-corrected chi connectivity index (χ4v) is 2.66. The first-order valence-corrected chi connectivity index (χ1v) is 8.10. The Morgan fingerprint density at radius 1 is 1.40 bits per heavy atom. The van der Waals surface area contributed by atoms with E-state index in [0.717, 1.165) is 5.56 Å². The molecule has 25 heavy (non-hydrogen) atoms. The maximum absolute atomic E-state index is 11.5. The summed E-state index contributed by atoms with van der Waals surface area (Å²) in [7, 11) is 0. The summed E-state index contributed by atoms with van der Waals surface area (Å²) in [6, 6.07) is 3.72. The molecule has 3 heterocycles. The highest BCUT2D eigenvalue weighted by Gasteiger charge is 2.23. The van der Waals surface area contributed by atoms with E-state index in [4.69, 9.17) is 11.6 Å². The predicted molar refractivity (Wildman–Crippen MR) is 94.4 cm³/mol. The molecule has 0 aliphatic heterocycles. The maximum Gasteiger partial charge on any atom is 0.358 e. The number of carbonyl (C=O) groups is 1. The number of hydrogen-bond donors (Lipinski definition) is 2. The van der Waals surface area contributed by atoms with Crippen LogP contribution in [-0.2, 0) is 6.54 Å². The minimum Gasteiger partial charge on any atom is -0.476 e. The van der Waals surface area contributed by atoms with Crippen LogP contribution >= 0.6 is 11.6 Å². The van der Waals surface area contributed by atoms with Gasteiger partial charge in [0.2, 0.25) is 5.28 Å². The molecule has 8 nitrogen and oxygen atoms in total. The Labute approximate surface area is 148 Å². The molecule has 0 aliphatic carbocycles. The van der Waals surface area contributed by atoms with Gasteiger partial charge in [-0.25, -0.2) is 14.8 Å². The van der Waals surface area contributed by atoms with Gasteiger partial charge in [-0.15, -0.1) is 0 Å². The van der Waals surface area contributed by atoms with Crippen molar-refractivity contribution >= 4 is 40.2 Å². The highest BCUT2D eigenvalue weighted by Crippen LogP contribution is 2.28. The lowest BCUT2D eigenvalue weighted by Crippen LogP contribution is -2.09. The fourth-order valence-electron chi connectivity index (χ4n) is 2.49. The Balaban J connectivity index is 2.21. The third-order valence-corrected chi connectivity index (χ3v) is 3.63. The van der Waals surface area contributed by atoms with Crippen LogP contribution in [0, 0.1) is 12.8 Å². The van der Waals surface area contributed by atoms with E-state index in [2.05, 4.69) is 25.4 Å². The summed E-state index contributed by atoms with van der Waals surface area (Å²) in [5.41, 5.74) is 1.55. The van der Waals surface area contributed by atoms with Crippen LogP contribution in [0.3, 0.4) is 0 Å². The van der Waals surface area contributed by atoms with Crippen molar-refractivity contribution in [3.63, 3.8) is 0 Å². The lowest BCUT2D eigenvalue weighted by atomic mass is 10.2. The van der Waals surface area contributed by atoms with Gasteiger partial charge >= 0.3 is 5.97 Å². The Bertz CT molecular complexity index is 953. The number of pyridine rings is 1. The third kappa shape index (κ3) is 3.53. The van der Waals surface area contributed by atoms with Crippen LogP contribution in [0.25, 0.3) is 11.0 Å². The van der Waals surface area contributed by atoms with Gasteiger partial charge in [0.05, 0.1) is 0 Å². The first kappa shape index (κ1) is 17.1. The Morgan fingerprint density at radius 2 is 2.16 bits per heavy atom. The second kappa shape index (κ2) is 6.64. The topological polar surface area (TPSA) is 106 Å². The van der Waals surface area contributed by atoms with Gasteiger partial charge in [0.25, 0.3) is 0 Å². The van der Waals surface area contributed by atoms with Gasteiger partial charge in [0.1, 0.15) is 16.9 Å². The van der Waals surface area contributed by atoms with E-state index in [1.54, 1.807) is 10.9 Å². The van der Waals surface area contributed by atoms with Gasteiger partial charge < -0.3 is 10.4 Å². The molecule has 3 aromatic rings. The molecule has 0 atom stereocenters. The zero-order valence-corrected chi connectivity index (χ0v) is 14.7. The zero-order chi connectivity index (χ0) is 18.1. The number of aromatic nitrogens is 5. The van der Waals surface area contributed by atoms with Crippen LogP contribution in [0.15, 0.2) is 18.3 Å². The maximum atomic E-state index is 11.5. The van der Waals surface area contributed by atoms with Crippen molar-refractivity contribution in [2.75, 3.05) is 5.32 Å². The van der Waals surface area contributed by atoms with Gasteiger partial charge in [-0.2, -0.15) is 10.1 Å². The molecule has 2 N–H and O–H groups in total. The average molecular weight is 361 g/mol. The van der Waals surface area contributed by atoms with E-state index < -0.39 is 5.97 Å². The lowest BCUT2D eigenvalue weighted by molar-refractivity contribution is 0.0691. The Morgan fingerprint density at radius 3 is 2.80 bits per heavy atom. The largest absolute Gasteiger partial charge is 0.476 e. The first-order valence-electron chi connectivity index (χ1n) is 7.72. The van der Waals surface area contributed by atoms with E-state index in [1.165, 1.54) is 0 Å². The molecule has 0 saturated heterocycles. The summed E-state index contributed by atoms with van der Waals surface area (Å²) in [5, 5.41) is 16.6. The van der Waals surface area contributed by atoms with Crippen LogP contribution in [-0.4, -0.2) is 35.8 Å². The highest BCUT2D eigenvalue weighted by molar-refractivity contribution is 6.29. The number of hydrogen-bond acceptors (Lipinski definition) is 6. The van der Waals surface area contributed by atoms with Crippen molar-refractivity contribution in [3.05, 3.63) is 34.9 Å². The van der Waals surface area contributed by atoms with Crippen molar-refractivity contribution in [1.29, 1.82) is 0 Å². The SMILES string of the molecule is Cc1ccnc(Nc2nc(Cl)nc3c(C(=O)O)nn(CC(C)C)c23)c1. The predicted octanol–water partition coefficient (Wildman–Crippen LogP) is 3.28. The van der Waals surface area contributed by atoms with Crippen molar-refractivity contribution in [2.45, 2.75) is 27.3 Å². The number of carboxylic acids is 1. The number of aryl methyl sites for hydroxylation is 1. The van der Waals surface area contributed by atoms with Crippen LogP contribution < -0.4 is 5.32 Å². The molecule has 0 aromatic carbocycles. The second-order valence-electron chi connectivity index (χ2n) is 6.11. The molecule has 0 radical (unpaired) electrons. The molecule has 3 rings (SSSR count).